The van der Waals surface area contributed by atoms with Crippen LogP contribution >= 0.6 is 8.69 Å². The van der Waals surface area contributed by atoms with Crippen molar-refractivity contribution in [3.05, 3.63) is 30.0 Å². The van der Waals surface area contributed by atoms with Gasteiger partial charge in [-0.25, -0.2) is 0 Å². The predicted octanol–water partition coefficient (Wildman–Crippen LogP) is 2.59. The van der Waals surface area contributed by atoms with Gasteiger partial charge in [0.25, 0.3) is 0 Å². The second kappa shape index (κ2) is 5.30. The number of aromatic amines is 1. The Morgan fingerprint density at radius 3 is 2.94 bits per heavy atom. The average molecular weight is 251 g/mol. The van der Waals surface area contributed by atoms with E-state index in [1.165, 1.54) is 5.56 Å². The Morgan fingerprint density at radius 1 is 1.41 bits per heavy atom. The second-order valence-electron chi connectivity index (χ2n) is 4.23. The van der Waals surface area contributed by atoms with Crippen molar-refractivity contribution in [2.45, 2.75) is 6.42 Å². The highest BCUT2D eigenvalue weighted by molar-refractivity contribution is 7.17. The van der Waals surface area contributed by atoms with Crippen LogP contribution in [0.25, 0.3) is 10.9 Å². The Bertz CT molecular complexity index is 522. The van der Waals surface area contributed by atoms with Crippen LogP contribution in [0.1, 0.15) is 5.56 Å². The van der Waals surface area contributed by atoms with E-state index in [0.29, 0.717) is 5.75 Å². The van der Waals surface area contributed by atoms with Gasteiger partial charge in [0.1, 0.15) is 0 Å². The van der Waals surface area contributed by atoms with E-state index in [9.17, 15) is 4.57 Å². The van der Waals surface area contributed by atoms with E-state index in [1.807, 2.05) is 38.5 Å². The van der Waals surface area contributed by atoms with Gasteiger partial charge in [-0.05, 0) is 42.8 Å². The molecule has 0 radical (unpaired) electrons. The summed E-state index contributed by atoms with van der Waals surface area (Å²) in [5.41, 5.74) is 2.22. The molecule has 17 heavy (non-hydrogen) atoms. The first kappa shape index (κ1) is 12.1. The summed E-state index contributed by atoms with van der Waals surface area (Å²) < 4.78 is 15.8. The van der Waals surface area contributed by atoms with Crippen LogP contribution in [-0.2, 0) is 11.0 Å². The molecule has 0 fully saturated rings. The van der Waals surface area contributed by atoms with Crippen LogP contribution in [0.2, 0.25) is 0 Å². The minimum absolute atomic E-state index is 0.686. The van der Waals surface area contributed by atoms with Crippen molar-refractivity contribution in [1.82, 2.24) is 9.88 Å². The Labute approximate surface area is 102 Å². The summed E-state index contributed by atoms with van der Waals surface area (Å²) >= 11 is 0. The standard InChI is InChI=1S/C12H16N2O2P/c1-14(2)7-6-9-8-13-10-4-3-5-11(12(9)10)16-17-15/h3-5,8,13,17H,6-7H2,1-2H3/q+1. The smallest absolute Gasteiger partial charge is 0.361 e. The van der Waals surface area contributed by atoms with Crippen molar-refractivity contribution >= 4 is 19.6 Å². The predicted molar refractivity (Wildman–Crippen MR) is 70.2 cm³/mol. The molecular weight excluding hydrogens is 235 g/mol. The molecule has 0 amide bonds. The highest BCUT2D eigenvalue weighted by atomic mass is 31.1. The molecule has 0 aliphatic heterocycles. The highest BCUT2D eigenvalue weighted by Crippen LogP contribution is 2.30. The first-order chi connectivity index (χ1) is 8.22. The summed E-state index contributed by atoms with van der Waals surface area (Å²) in [6.45, 7) is 0.973. The van der Waals surface area contributed by atoms with Gasteiger partial charge in [-0.15, -0.1) is 0 Å². The van der Waals surface area contributed by atoms with E-state index in [0.717, 1.165) is 23.9 Å². The minimum Gasteiger partial charge on any atom is -0.361 e. The molecule has 0 bridgehead atoms. The van der Waals surface area contributed by atoms with Gasteiger partial charge in [-0.2, -0.15) is 0 Å². The first-order valence-electron chi connectivity index (χ1n) is 5.50. The maximum Gasteiger partial charge on any atom is 0.542 e. The fourth-order valence-electron chi connectivity index (χ4n) is 1.89. The third-order valence-electron chi connectivity index (χ3n) is 2.73. The highest BCUT2D eigenvalue weighted by Gasteiger charge is 2.12. The van der Waals surface area contributed by atoms with Crippen molar-refractivity contribution in [2.24, 2.45) is 0 Å². The number of H-pyrrole nitrogens is 1. The molecule has 1 unspecified atom stereocenters. The van der Waals surface area contributed by atoms with Crippen LogP contribution in [0.5, 0.6) is 5.75 Å². The lowest BCUT2D eigenvalue weighted by Crippen LogP contribution is -2.14. The fourth-order valence-corrected chi connectivity index (χ4v) is 2.15. The molecular formula is C12H16N2O2P+. The molecule has 2 aromatic rings. The molecule has 2 rings (SSSR count). The largest absolute Gasteiger partial charge is 0.542 e. The Morgan fingerprint density at radius 2 is 2.24 bits per heavy atom. The van der Waals surface area contributed by atoms with E-state index >= 15 is 0 Å². The van der Waals surface area contributed by atoms with Crippen LogP contribution in [0.15, 0.2) is 24.4 Å². The molecule has 0 aliphatic carbocycles. The van der Waals surface area contributed by atoms with Crippen LogP contribution < -0.4 is 4.52 Å². The number of nitrogens with one attached hydrogen (secondary N) is 1. The van der Waals surface area contributed by atoms with E-state index in [-0.39, 0.29) is 0 Å². The topological polar surface area (TPSA) is 45.3 Å². The summed E-state index contributed by atoms with van der Waals surface area (Å²) in [7, 11) is 3.32. The zero-order valence-corrected chi connectivity index (χ0v) is 11.0. The van der Waals surface area contributed by atoms with Crippen molar-refractivity contribution in [3.63, 3.8) is 0 Å². The summed E-state index contributed by atoms with van der Waals surface area (Å²) in [6.07, 6.45) is 2.93. The van der Waals surface area contributed by atoms with Crippen molar-refractivity contribution < 1.29 is 9.09 Å². The summed E-state index contributed by atoms with van der Waals surface area (Å²) in [4.78, 5) is 5.35. The summed E-state index contributed by atoms with van der Waals surface area (Å²) in [5.74, 6) is 0.686. The first-order valence-corrected chi connectivity index (χ1v) is 6.31. The molecule has 1 N–H and O–H groups in total. The normalized spacial score (nSPS) is 11.5. The molecule has 90 valence electrons. The van der Waals surface area contributed by atoms with E-state index in [1.54, 1.807) is 0 Å². The molecule has 5 heteroatoms. The molecule has 1 aromatic heterocycles. The molecule has 0 aliphatic rings. The third-order valence-corrected chi connectivity index (χ3v) is 3.03. The number of fused-ring (bicyclic) bond motifs is 1. The lowest BCUT2D eigenvalue weighted by molar-refractivity contribution is 0.414. The zero-order valence-electron chi connectivity index (χ0n) is 9.99. The lowest BCUT2D eigenvalue weighted by atomic mass is 10.1. The molecule has 1 aromatic carbocycles. The van der Waals surface area contributed by atoms with Crippen molar-refractivity contribution in [1.29, 1.82) is 0 Å². The number of rotatable bonds is 5. The Hall–Kier alpha value is -1.38. The average Bonchev–Trinajstić information content (AvgIpc) is 2.71. The summed E-state index contributed by atoms with van der Waals surface area (Å²) in [5, 5.41) is 1.04. The zero-order chi connectivity index (χ0) is 12.3. The van der Waals surface area contributed by atoms with Gasteiger partial charge in [0, 0.05) is 18.3 Å². The number of likely N-dealkylation sites (N-methyl/N-ethyl adjacent to an activating group) is 1. The molecule has 0 saturated heterocycles. The molecule has 1 heterocycles. The number of nitrogens with zero attached hydrogens (tertiary/aromatic N) is 1. The maximum absolute atomic E-state index is 10.6. The molecule has 0 saturated carbocycles. The van der Waals surface area contributed by atoms with Gasteiger partial charge in [-0.1, -0.05) is 6.07 Å². The Kier molecular flexibility index (Phi) is 3.77. The second-order valence-corrected chi connectivity index (χ2v) is 4.60. The monoisotopic (exact) mass is 251 g/mol. The van der Waals surface area contributed by atoms with Crippen LogP contribution in [0.3, 0.4) is 0 Å². The van der Waals surface area contributed by atoms with E-state index in [4.69, 9.17) is 4.52 Å². The van der Waals surface area contributed by atoms with Crippen LogP contribution in [0.4, 0.5) is 0 Å². The lowest BCUT2D eigenvalue weighted by Gasteiger charge is -2.08. The molecule has 1 atom stereocenters. The van der Waals surface area contributed by atoms with E-state index in [2.05, 4.69) is 9.88 Å². The van der Waals surface area contributed by atoms with Crippen molar-refractivity contribution in [2.75, 3.05) is 20.6 Å². The Balaban J connectivity index is 2.38. The maximum atomic E-state index is 10.6. The number of hydrogen-bond acceptors (Lipinski definition) is 3. The minimum atomic E-state index is -0.770. The van der Waals surface area contributed by atoms with Gasteiger partial charge in [-0.3, -0.25) is 4.52 Å². The van der Waals surface area contributed by atoms with E-state index < -0.39 is 8.69 Å². The third kappa shape index (κ3) is 2.65. The van der Waals surface area contributed by atoms with Gasteiger partial charge < -0.3 is 9.88 Å². The van der Waals surface area contributed by atoms with Crippen LogP contribution in [-0.4, -0.2) is 30.5 Å². The van der Waals surface area contributed by atoms with Gasteiger partial charge in [0.2, 0.25) is 0 Å². The van der Waals surface area contributed by atoms with Crippen molar-refractivity contribution in [3.8, 4) is 5.75 Å². The number of aromatic nitrogens is 1. The fraction of sp³-hybridized carbons (Fsp3) is 0.333. The van der Waals surface area contributed by atoms with Gasteiger partial charge >= 0.3 is 8.69 Å². The van der Waals surface area contributed by atoms with Gasteiger partial charge in [0.15, 0.2) is 5.75 Å². The van der Waals surface area contributed by atoms with Crippen LogP contribution in [0, 0.1) is 0 Å². The molecule has 4 nitrogen and oxygen atoms in total. The molecule has 0 spiro atoms. The SMILES string of the molecule is CN(C)CCc1c[nH]c2cccc(O[PH+]=O)c12. The quantitative estimate of drug-likeness (QED) is 0.831. The number of hydrogen-bond donors (Lipinski definition) is 1. The summed E-state index contributed by atoms with van der Waals surface area (Å²) in [6, 6.07) is 5.74. The van der Waals surface area contributed by atoms with Gasteiger partial charge in [0.05, 0.1) is 5.39 Å². The number of benzene rings is 1.